The van der Waals surface area contributed by atoms with E-state index in [9.17, 15) is 18.3 Å². The van der Waals surface area contributed by atoms with E-state index in [0.717, 1.165) is 24.9 Å². The highest BCUT2D eigenvalue weighted by molar-refractivity contribution is 7.89. The van der Waals surface area contributed by atoms with Crippen LogP contribution in [0.2, 0.25) is 0 Å². The van der Waals surface area contributed by atoms with Crippen LogP contribution >= 0.6 is 0 Å². The van der Waals surface area contributed by atoms with Crippen molar-refractivity contribution in [2.24, 2.45) is 0 Å². The van der Waals surface area contributed by atoms with Crippen LogP contribution < -0.4 is 14.8 Å². The molecule has 8 nitrogen and oxygen atoms in total. The number of piperidine rings is 1. The molecule has 1 aliphatic rings. The Hall–Kier alpha value is -2.62. The number of carbonyl (C=O) groups is 1. The number of carbonyl (C=O) groups excluding carboxylic acids is 1. The SMILES string of the molecule is CNC(=O)c1cc(S(=O)(=O)NC2CCCN(Cc3cccc(O)c3)C2)ccc1OC. The van der Waals surface area contributed by atoms with E-state index in [4.69, 9.17) is 4.74 Å². The number of nitrogens with one attached hydrogen (secondary N) is 2. The quantitative estimate of drug-likeness (QED) is 0.614. The van der Waals surface area contributed by atoms with Gasteiger partial charge in [-0.25, -0.2) is 13.1 Å². The van der Waals surface area contributed by atoms with Gasteiger partial charge in [-0.05, 0) is 55.3 Å². The van der Waals surface area contributed by atoms with Crippen LogP contribution in [-0.4, -0.2) is 57.6 Å². The molecule has 2 aromatic rings. The topological polar surface area (TPSA) is 108 Å². The van der Waals surface area contributed by atoms with Crippen LogP contribution in [0.4, 0.5) is 0 Å². The number of sulfonamides is 1. The molecule has 3 N–H and O–H groups in total. The van der Waals surface area contributed by atoms with Gasteiger partial charge < -0.3 is 15.2 Å². The number of aromatic hydroxyl groups is 1. The molecule has 0 aliphatic carbocycles. The van der Waals surface area contributed by atoms with Gasteiger partial charge in [0.05, 0.1) is 17.6 Å². The van der Waals surface area contributed by atoms with Crippen LogP contribution in [0.25, 0.3) is 0 Å². The molecule has 1 fully saturated rings. The first-order valence-electron chi connectivity index (χ1n) is 9.75. The summed E-state index contributed by atoms with van der Waals surface area (Å²) in [5.74, 6) is 0.107. The Morgan fingerprint density at radius 2 is 2.07 bits per heavy atom. The summed E-state index contributed by atoms with van der Waals surface area (Å²) in [6.45, 7) is 2.06. The molecule has 30 heavy (non-hydrogen) atoms. The van der Waals surface area contributed by atoms with Gasteiger partial charge in [-0.3, -0.25) is 9.69 Å². The van der Waals surface area contributed by atoms with E-state index >= 15 is 0 Å². The summed E-state index contributed by atoms with van der Waals surface area (Å²) in [7, 11) is -0.900. The molecule has 9 heteroatoms. The fourth-order valence-electron chi connectivity index (χ4n) is 3.66. The second kappa shape index (κ2) is 9.46. The molecule has 1 saturated heterocycles. The minimum Gasteiger partial charge on any atom is -0.508 e. The fraction of sp³-hybridized carbons (Fsp3) is 0.381. The van der Waals surface area contributed by atoms with E-state index in [2.05, 4.69) is 14.9 Å². The highest BCUT2D eigenvalue weighted by atomic mass is 32.2. The molecular weight excluding hydrogens is 406 g/mol. The maximum Gasteiger partial charge on any atom is 0.254 e. The van der Waals surface area contributed by atoms with Crippen LogP contribution in [0, 0.1) is 0 Å². The molecule has 0 radical (unpaired) electrons. The third-order valence-corrected chi connectivity index (χ3v) is 6.62. The van der Waals surface area contributed by atoms with Crippen LogP contribution in [0.15, 0.2) is 47.4 Å². The van der Waals surface area contributed by atoms with Gasteiger partial charge in [0.15, 0.2) is 0 Å². The van der Waals surface area contributed by atoms with Crippen molar-refractivity contribution in [2.75, 3.05) is 27.2 Å². The lowest BCUT2D eigenvalue weighted by Crippen LogP contribution is -2.47. The predicted molar refractivity (Wildman–Crippen MR) is 113 cm³/mol. The van der Waals surface area contributed by atoms with E-state index in [1.807, 2.05) is 6.07 Å². The molecule has 1 atom stereocenters. The molecule has 1 amide bonds. The van der Waals surface area contributed by atoms with Crippen molar-refractivity contribution in [3.05, 3.63) is 53.6 Å². The molecule has 1 aliphatic heterocycles. The fourth-order valence-corrected chi connectivity index (χ4v) is 4.95. The third kappa shape index (κ3) is 5.29. The molecule has 2 aromatic carbocycles. The van der Waals surface area contributed by atoms with Gasteiger partial charge in [-0.1, -0.05) is 12.1 Å². The Bertz CT molecular complexity index is 1010. The maximum atomic E-state index is 12.9. The number of hydrogen-bond donors (Lipinski definition) is 3. The molecule has 3 rings (SSSR count). The van der Waals surface area contributed by atoms with Gasteiger partial charge in [0.1, 0.15) is 11.5 Å². The number of benzene rings is 2. The lowest BCUT2D eigenvalue weighted by molar-refractivity contribution is 0.0960. The number of phenols is 1. The van der Waals surface area contributed by atoms with Crippen molar-refractivity contribution in [1.82, 2.24) is 14.9 Å². The summed E-state index contributed by atoms with van der Waals surface area (Å²) in [5, 5.41) is 12.1. The van der Waals surface area contributed by atoms with Crippen molar-refractivity contribution in [3.63, 3.8) is 0 Å². The molecule has 162 valence electrons. The second-order valence-corrected chi connectivity index (χ2v) is 9.02. The first-order valence-corrected chi connectivity index (χ1v) is 11.2. The van der Waals surface area contributed by atoms with E-state index < -0.39 is 15.9 Å². The average molecular weight is 434 g/mol. The Labute approximate surface area is 176 Å². The Morgan fingerprint density at radius 1 is 1.27 bits per heavy atom. The third-order valence-electron chi connectivity index (χ3n) is 5.10. The van der Waals surface area contributed by atoms with Crippen molar-refractivity contribution in [3.8, 4) is 11.5 Å². The number of likely N-dealkylation sites (tertiary alicyclic amines) is 1. The van der Waals surface area contributed by atoms with Gasteiger partial charge in [0.25, 0.3) is 5.91 Å². The molecule has 1 unspecified atom stereocenters. The van der Waals surface area contributed by atoms with Gasteiger partial charge >= 0.3 is 0 Å². The molecule has 0 bridgehead atoms. The number of phenolic OH excluding ortho intramolecular Hbond substituents is 1. The van der Waals surface area contributed by atoms with Crippen LogP contribution in [0.1, 0.15) is 28.8 Å². The highest BCUT2D eigenvalue weighted by Crippen LogP contribution is 2.24. The number of amides is 1. The Kier molecular flexibility index (Phi) is 6.96. The van der Waals surface area contributed by atoms with Gasteiger partial charge in [-0.15, -0.1) is 0 Å². The van der Waals surface area contributed by atoms with Crippen LogP contribution in [0.5, 0.6) is 11.5 Å². The van der Waals surface area contributed by atoms with Gasteiger partial charge in [0, 0.05) is 26.2 Å². The number of methoxy groups -OCH3 is 1. The van der Waals surface area contributed by atoms with E-state index in [1.165, 1.54) is 32.4 Å². The minimum atomic E-state index is -3.80. The van der Waals surface area contributed by atoms with Gasteiger partial charge in [0.2, 0.25) is 10.0 Å². The van der Waals surface area contributed by atoms with Gasteiger partial charge in [-0.2, -0.15) is 0 Å². The number of ether oxygens (including phenoxy) is 1. The standard InChI is InChI=1S/C21H27N3O5S/c1-22-21(26)19-12-18(8-9-20(19)29-2)30(27,28)23-16-6-4-10-24(14-16)13-15-5-3-7-17(25)11-15/h3,5,7-9,11-12,16,23,25H,4,6,10,13-14H2,1-2H3,(H,22,26). The highest BCUT2D eigenvalue weighted by Gasteiger charge is 2.26. The minimum absolute atomic E-state index is 0.0204. The zero-order chi connectivity index (χ0) is 21.7. The van der Waals surface area contributed by atoms with E-state index in [-0.39, 0.29) is 22.3 Å². The Morgan fingerprint density at radius 3 is 2.77 bits per heavy atom. The summed E-state index contributed by atoms with van der Waals surface area (Å²) in [4.78, 5) is 14.3. The summed E-state index contributed by atoms with van der Waals surface area (Å²) in [6, 6.07) is 11.1. The predicted octanol–water partition coefficient (Wildman–Crippen LogP) is 1.70. The number of rotatable bonds is 7. The molecule has 1 heterocycles. The first-order chi connectivity index (χ1) is 14.3. The Balaban J connectivity index is 1.72. The summed E-state index contributed by atoms with van der Waals surface area (Å²) in [6.07, 6.45) is 1.59. The molecule has 0 spiro atoms. The zero-order valence-corrected chi connectivity index (χ0v) is 17.9. The monoisotopic (exact) mass is 433 g/mol. The largest absolute Gasteiger partial charge is 0.508 e. The van der Waals surface area contributed by atoms with Crippen molar-refractivity contribution >= 4 is 15.9 Å². The summed E-state index contributed by atoms with van der Waals surface area (Å²) in [5.41, 5.74) is 1.14. The summed E-state index contributed by atoms with van der Waals surface area (Å²) < 4.78 is 33.8. The lowest BCUT2D eigenvalue weighted by Gasteiger charge is -2.33. The lowest BCUT2D eigenvalue weighted by atomic mass is 10.1. The number of nitrogens with zero attached hydrogens (tertiary/aromatic N) is 1. The molecule has 0 saturated carbocycles. The second-order valence-electron chi connectivity index (χ2n) is 7.31. The van der Waals surface area contributed by atoms with Crippen LogP contribution in [-0.2, 0) is 16.6 Å². The first kappa shape index (κ1) is 22.1. The normalized spacial score (nSPS) is 17.5. The molecular formula is C21H27N3O5S. The smallest absolute Gasteiger partial charge is 0.254 e. The van der Waals surface area contributed by atoms with Crippen molar-refractivity contribution in [1.29, 1.82) is 0 Å². The average Bonchev–Trinajstić information content (AvgIpc) is 2.72. The van der Waals surface area contributed by atoms with Crippen molar-refractivity contribution < 1.29 is 23.1 Å². The van der Waals surface area contributed by atoms with Crippen molar-refractivity contribution in [2.45, 2.75) is 30.3 Å². The summed E-state index contributed by atoms with van der Waals surface area (Å²) >= 11 is 0. The van der Waals surface area contributed by atoms with E-state index in [1.54, 1.807) is 18.2 Å². The maximum absolute atomic E-state index is 12.9. The zero-order valence-electron chi connectivity index (χ0n) is 17.1. The number of hydrogen-bond acceptors (Lipinski definition) is 6. The van der Waals surface area contributed by atoms with Crippen LogP contribution in [0.3, 0.4) is 0 Å². The van der Waals surface area contributed by atoms with E-state index in [0.29, 0.717) is 18.8 Å². The molecule has 0 aromatic heterocycles.